The summed E-state index contributed by atoms with van der Waals surface area (Å²) >= 11 is 0. The number of carbonyl (C=O) groups is 1. The molecule has 0 atom stereocenters. The quantitative estimate of drug-likeness (QED) is 0.632. The van der Waals surface area contributed by atoms with E-state index in [0.29, 0.717) is 6.42 Å². The zero-order valence-corrected chi connectivity index (χ0v) is 11.7. The molecule has 0 aliphatic heterocycles. The Kier molecular flexibility index (Phi) is 3.13. The van der Waals surface area contributed by atoms with Crippen molar-refractivity contribution in [2.45, 2.75) is 44.9 Å². The van der Waals surface area contributed by atoms with Crippen LogP contribution in [-0.4, -0.2) is 24.9 Å². The third-order valence-electron chi connectivity index (χ3n) is 5.05. The first-order valence-corrected chi connectivity index (χ1v) is 8.55. The van der Waals surface area contributed by atoms with E-state index < -0.39 is 22.0 Å². The molecular formula is C13H20O5S. The lowest BCUT2D eigenvalue weighted by atomic mass is 9.49. The van der Waals surface area contributed by atoms with Crippen molar-refractivity contribution >= 4 is 16.1 Å². The van der Waals surface area contributed by atoms with Crippen molar-refractivity contribution in [2.75, 3.05) is 5.94 Å². The third-order valence-corrected chi connectivity index (χ3v) is 5.47. The fourth-order valence-electron chi connectivity index (χ4n) is 5.00. The predicted octanol–water partition coefficient (Wildman–Crippen LogP) is 1.98. The van der Waals surface area contributed by atoms with E-state index in [1.54, 1.807) is 0 Å². The molecule has 4 fully saturated rings. The number of hydrogen-bond donors (Lipinski definition) is 1. The molecule has 0 unspecified atom stereocenters. The number of hydrogen-bond acceptors (Lipinski definition) is 4. The minimum Gasteiger partial charge on any atom is -0.447 e. The normalized spacial score (nSPS) is 40.4. The van der Waals surface area contributed by atoms with E-state index in [2.05, 4.69) is 4.74 Å². The maximum Gasteiger partial charge on any atom is 0.307 e. The molecule has 0 heterocycles. The van der Waals surface area contributed by atoms with Crippen molar-refractivity contribution in [3.05, 3.63) is 0 Å². The van der Waals surface area contributed by atoms with Gasteiger partial charge in [0.15, 0.2) is 0 Å². The lowest BCUT2D eigenvalue weighted by molar-refractivity contribution is -0.150. The molecule has 0 radical (unpaired) electrons. The van der Waals surface area contributed by atoms with Gasteiger partial charge in [-0.3, -0.25) is 9.35 Å². The highest BCUT2D eigenvalue weighted by atomic mass is 32.2. The predicted molar refractivity (Wildman–Crippen MR) is 67.7 cm³/mol. The first kappa shape index (κ1) is 13.4. The smallest absolute Gasteiger partial charge is 0.307 e. The Labute approximate surface area is 113 Å². The molecule has 6 heteroatoms. The molecule has 5 nitrogen and oxygen atoms in total. The summed E-state index contributed by atoms with van der Waals surface area (Å²) in [6.45, 7) is 0. The summed E-state index contributed by atoms with van der Waals surface area (Å²) < 4.78 is 34.4. The summed E-state index contributed by atoms with van der Waals surface area (Å²) in [6.07, 6.45) is 7.48. The third kappa shape index (κ3) is 2.94. The van der Waals surface area contributed by atoms with Crippen LogP contribution in [0.25, 0.3) is 0 Å². The SMILES string of the molecule is O=C(CC12CC3CC(CC(C3)C1)C2)OCS(=O)(=O)O. The Morgan fingerprint density at radius 1 is 1.11 bits per heavy atom. The van der Waals surface area contributed by atoms with Crippen molar-refractivity contribution in [1.29, 1.82) is 0 Å². The van der Waals surface area contributed by atoms with Crippen LogP contribution < -0.4 is 0 Å². The highest BCUT2D eigenvalue weighted by molar-refractivity contribution is 7.85. The van der Waals surface area contributed by atoms with Crippen LogP contribution in [-0.2, 0) is 19.6 Å². The molecule has 0 aromatic carbocycles. The molecule has 4 rings (SSSR count). The van der Waals surface area contributed by atoms with Crippen LogP contribution in [0.4, 0.5) is 0 Å². The van der Waals surface area contributed by atoms with Crippen LogP contribution in [0.2, 0.25) is 0 Å². The fourth-order valence-corrected chi connectivity index (χ4v) is 5.28. The average Bonchev–Trinajstić information content (AvgIpc) is 2.22. The monoisotopic (exact) mass is 288 g/mol. The standard InChI is InChI=1S/C13H20O5S/c14-12(18-8-19(15,16)17)7-13-4-9-1-10(5-13)3-11(2-9)6-13/h9-11H,1-8H2,(H,15,16,17). The highest BCUT2D eigenvalue weighted by Gasteiger charge is 2.51. The second kappa shape index (κ2) is 4.45. The molecule has 1 N–H and O–H groups in total. The van der Waals surface area contributed by atoms with Gasteiger partial charge >= 0.3 is 16.1 Å². The first-order chi connectivity index (χ1) is 8.84. The van der Waals surface area contributed by atoms with E-state index in [1.165, 1.54) is 19.3 Å². The van der Waals surface area contributed by atoms with Gasteiger partial charge < -0.3 is 4.74 Å². The van der Waals surface area contributed by atoms with Gasteiger partial charge in [0.2, 0.25) is 5.94 Å². The number of esters is 1. The van der Waals surface area contributed by atoms with Gasteiger partial charge in [-0.05, 0) is 61.7 Å². The van der Waals surface area contributed by atoms with Gasteiger partial charge in [-0.1, -0.05) is 0 Å². The minimum absolute atomic E-state index is 0.0467. The van der Waals surface area contributed by atoms with Gasteiger partial charge in [-0.25, -0.2) is 0 Å². The summed E-state index contributed by atoms with van der Waals surface area (Å²) in [6, 6.07) is 0. The van der Waals surface area contributed by atoms with E-state index in [-0.39, 0.29) is 5.41 Å². The molecule has 0 saturated heterocycles. The maximum atomic E-state index is 11.8. The number of rotatable bonds is 4. The Balaban J connectivity index is 1.61. The summed E-state index contributed by atoms with van der Waals surface area (Å²) in [7, 11) is -4.23. The van der Waals surface area contributed by atoms with Gasteiger partial charge in [0.25, 0.3) is 0 Å². The van der Waals surface area contributed by atoms with Gasteiger partial charge in [0, 0.05) is 0 Å². The Morgan fingerprint density at radius 3 is 2.00 bits per heavy atom. The van der Waals surface area contributed by atoms with Crippen LogP contribution >= 0.6 is 0 Å². The van der Waals surface area contributed by atoms with E-state index in [9.17, 15) is 13.2 Å². The topological polar surface area (TPSA) is 80.7 Å². The van der Waals surface area contributed by atoms with E-state index in [0.717, 1.165) is 37.0 Å². The van der Waals surface area contributed by atoms with Gasteiger partial charge in [0.05, 0.1) is 6.42 Å². The Morgan fingerprint density at radius 2 is 1.58 bits per heavy atom. The Bertz CT molecular complexity index is 446. The largest absolute Gasteiger partial charge is 0.447 e. The lowest BCUT2D eigenvalue weighted by Gasteiger charge is -2.56. The van der Waals surface area contributed by atoms with Crippen LogP contribution in [0.3, 0.4) is 0 Å². The van der Waals surface area contributed by atoms with Crippen molar-refractivity contribution in [2.24, 2.45) is 23.2 Å². The van der Waals surface area contributed by atoms with Crippen LogP contribution in [0.1, 0.15) is 44.9 Å². The second-order valence-corrected chi connectivity index (χ2v) is 8.21. The van der Waals surface area contributed by atoms with Crippen LogP contribution in [0, 0.1) is 23.2 Å². The summed E-state index contributed by atoms with van der Waals surface area (Å²) in [5.41, 5.74) is 0.0467. The average molecular weight is 288 g/mol. The molecule has 0 spiro atoms. The van der Waals surface area contributed by atoms with Crippen molar-refractivity contribution in [3.8, 4) is 0 Å². The zero-order valence-electron chi connectivity index (χ0n) is 10.9. The van der Waals surface area contributed by atoms with E-state index >= 15 is 0 Å². The van der Waals surface area contributed by atoms with Gasteiger partial charge in [-0.2, -0.15) is 8.42 Å². The maximum absolute atomic E-state index is 11.8. The van der Waals surface area contributed by atoms with Crippen molar-refractivity contribution < 1.29 is 22.5 Å². The molecule has 108 valence electrons. The van der Waals surface area contributed by atoms with Crippen molar-refractivity contribution in [3.63, 3.8) is 0 Å². The van der Waals surface area contributed by atoms with E-state index in [4.69, 9.17) is 4.55 Å². The molecule has 0 aromatic heterocycles. The molecule has 0 amide bonds. The molecule has 0 aromatic rings. The summed E-state index contributed by atoms with van der Waals surface area (Å²) in [4.78, 5) is 11.8. The number of ether oxygens (including phenoxy) is 1. The molecular weight excluding hydrogens is 268 g/mol. The fraction of sp³-hybridized carbons (Fsp3) is 0.923. The molecule has 4 aliphatic carbocycles. The number of carbonyl (C=O) groups excluding carboxylic acids is 1. The van der Waals surface area contributed by atoms with Gasteiger partial charge in [-0.15, -0.1) is 0 Å². The zero-order chi connectivity index (χ0) is 13.7. The Hall–Kier alpha value is -0.620. The van der Waals surface area contributed by atoms with Crippen LogP contribution in [0.15, 0.2) is 0 Å². The van der Waals surface area contributed by atoms with Crippen molar-refractivity contribution in [1.82, 2.24) is 0 Å². The lowest BCUT2D eigenvalue weighted by Crippen LogP contribution is -2.47. The van der Waals surface area contributed by atoms with Crippen LogP contribution in [0.5, 0.6) is 0 Å². The molecule has 4 bridgehead atoms. The second-order valence-electron chi connectivity index (χ2n) is 6.81. The first-order valence-electron chi connectivity index (χ1n) is 6.94. The summed E-state index contributed by atoms with van der Waals surface area (Å²) in [5.74, 6) is 0.847. The molecule has 19 heavy (non-hydrogen) atoms. The highest BCUT2D eigenvalue weighted by Crippen LogP contribution is 2.61. The van der Waals surface area contributed by atoms with E-state index in [1.807, 2.05) is 0 Å². The van der Waals surface area contributed by atoms with Gasteiger partial charge in [0.1, 0.15) is 0 Å². The summed E-state index contributed by atoms with van der Waals surface area (Å²) in [5, 5.41) is 0. The minimum atomic E-state index is -4.23. The molecule has 4 saturated carbocycles. The molecule has 4 aliphatic rings.